The second-order valence-electron chi connectivity index (χ2n) is 4.53. The highest BCUT2D eigenvalue weighted by Crippen LogP contribution is 2.41. The standard InChI is InChI=1S/C15H13FO/c16-13-6-3-5-12(10-13)15(17)9-8-11-4-1-2-7-14(11)15/h1-7,10,17H,8-9H2. The van der Waals surface area contributed by atoms with E-state index in [1.807, 2.05) is 24.3 Å². The van der Waals surface area contributed by atoms with E-state index < -0.39 is 5.60 Å². The van der Waals surface area contributed by atoms with Crippen LogP contribution in [0.2, 0.25) is 0 Å². The van der Waals surface area contributed by atoms with E-state index in [1.165, 1.54) is 12.1 Å². The van der Waals surface area contributed by atoms with Gasteiger partial charge in [-0.1, -0.05) is 36.4 Å². The molecule has 2 heteroatoms. The molecule has 1 atom stereocenters. The van der Waals surface area contributed by atoms with Crippen molar-refractivity contribution in [2.75, 3.05) is 0 Å². The number of halogens is 1. The Morgan fingerprint density at radius 1 is 1.06 bits per heavy atom. The van der Waals surface area contributed by atoms with E-state index in [2.05, 4.69) is 0 Å². The third kappa shape index (κ3) is 1.56. The molecule has 2 aromatic rings. The summed E-state index contributed by atoms with van der Waals surface area (Å²) in [7, 11) is 0. The van der Waals surface area contributed by atoms with E-state index in [0.717, 1.165) is 17.5 Å². The van der Waals surface area contributed by atoms with Crippen molar-refractivity contribution in [2.24, 2.45) is 0 Å². The van der Waals surface area contributed by atoms with Gasteiger partial charge in [-0.2, -0.15) is 0 Å². The third-order valence-corrected chi connectivity index (χ3v) is 3.52. The number of rotatable bonds is 1. The van der Waals surface area contributed by atoms with Crippen LogP contribution in [0.1, 0.15) is 23.1 Å². The van der Waals surface area contributed by atoms with Crippen LogP contribution in [0.25, 0.3) is 0 Å². The summed E-state index contributed by atoms with van der Waals surface area (Å²) in [6.45, 7) is 0. The molecule has 1 N–H and O–H groups in total. The molecule has 0 saturated heterocycles. The van der Waals surface area contributed by atoms with Crippen LogP contribution < -0.4 is 0 Å². The van der Waals surface area contributed by atoms with Crippen molar-refractivity contribution in [2.45, 2.75) is 18.4 Å². The lowest BCUT2D eigenvalue weighted by Crippen LogP contribution is -2.23. The predicted molar refractivity (Wildman–Crippen MR) is 64.2 cm³/mol. The Morgan fingerprint density at radius 3 is 2.71 bits per heavy atom. The highest BCUT2D eigenvalue weighted by Gasteiger charge is 2.37. The van der Waals surface area contributed by atoms with Crippen molar-refractivity contribution in [1.82, 2.24) is 0 Å². The summed E-state index contributed by atoms with van der Waals surface area (Å²) < 4.78 is 13.3. The summed E-state index contributed by atoms with van der Waals surface area (Å²) in [6, 6.07) is 14.1. The molecular weight excluding hydrogens is 215 g/mol. The molecule has 0 fully saturated rings. The molecule has 0 bridgehead atoms. The zero-order valence-electron chi connectivity index (χ0n) is 9.36. The van der Waals surface area contributed by atoms with Gasteiger partial charge in [-0.25, -0.2) is 4.39 Å². The van der Waals surface area contributed by atoms with Gasteiger partial charge < -0.3 is 5.11 Å². The van der Waals surface area contributed by atoms with E-state index in [4.69, 9.17) is 0 Å². The topological polar surface area (TPSA) is 20.2 Å². The van der Waals surface area contributed by atoms with Gasteiger partial charge in [-0.15, -0.1) is 0 Å². The first-order chi connectivity index (χ1) is 8.20. The molecule has 0 aromatic heterocycles. The fourth-order valence-electron chi connectivity index (χ4n) is 2.64. The minimum atomic E-state index is -1.03. The van der Waals surface area contributed by atoms with E-state index >= 15 is 0 Å². The van der Waals surface area contributed by atoms with E-state index in [9.17, 15) is 9.50 Å². The number of aliphatic hydroxyl groups is 1. The maximum absolute atomic E-state index is 13.3. The summed E-state index contributed by atoms with van der Waals surface area (Å²) in [5.41, 5.74) is 1.67. The van der Waals surface area contributed by atoms with Crippen LogP contribution in [-0.2, 0) is 12.0 Å². The number of hydrogen-bond acceptors (Lipinski definition) is 1. The Bertz CT molecular complexity index is 564. The lowest BCUT2D eigenvalue weighted by atomic mass is 9.88. The molecule has 1 aliphatic rings. The molecule has 0 aliphatic heterocycles. The number of hydrogen-bond donors (Lipinski definition) is 1. The smallest absolute Gasteiger partial charge is 0.123 e. The van der Waals surface area contributed by atoms with Gasteiger partial charge in [-0.3, -0.25) is 0 Å². The summed E-state index contributed by atoms with van der Waals surface area (Å²) >= 11 is 0. The Hall–Kier alpha value is -1.67. The van der Waals surface area contributed by atoms with Crippen molar-refractivity contribution in [3.63, 3.8) is 0 Å². The highest BCUT2D eigenvalue weighted by molar-refractivity contribution is 5.45. The fourth-order valence-corrected chi connectivity index (χ4v) is 2.64. The van der Waals surface area contributed by atoms with Crippen LogP contribution in [0.3, 0.4) is 0 Å². The van der Waals surface area contributed by atoms with Gasteiger partial charge in [0.2, 0.25) is 0 Å². The Kier molecular flexibility index (Phi) is 2.26. The largest absolute Gasteiger partial charge is 0.380 e. The molecule has 86 valence electrons. The molecule has 1 nitrogen and oxygen atoms in total. The van der Waals surface area contributed by atoms with Gasteiger partial charge in [0.05, 0.1) is 0 Å². The maximum atomic E-state index is 13.3. The molecule has 1 unspecified atom stereocenters. The van der Waals surface area contributed by atoms with Gasteiger partial charge in [0.1, 0.15) is 11.4 Å². The first kappa shape index (κ1) is 10.5. The van der Waals surface area contributed by atoms with Gasteiger partial charge >= 0.3 is 0 Å². The Balaban J connectivity index is 2.15. The van der Waals surface area contributed by atoms with Crippen molar-refractivity contribution >= 4 is 0 Å². The van der Waals surface area contributed by atoms with Crippen LogP contribution in [0.15, 0.2) is 48.5 Å². The van der Waals surface area contributed by atoms with Gasteiger partial charge in [0.25, 0.3) is 0 Å². The van der Waals surface area contributed by atoms with Crippen molar-refractivity contribution in [3.8, 4) is 0 Å². The van der Waals surface area contributed by atoms with E-state index in [-0.39, 0.29) is 5.82 Å². The van der Waals surface area contributed by atoms with Crippen LogP contribution in [0.5, 0.6) is 0 Å². The lowest BCUT2D eigenvalue weighted by molar-refractivity contribution is 0.0826. The minimum absolute atomic E-state index is 0.305. The minimum Gasteiger partial charge on any atom is -0.380 e. The highest BCUT2D eigenvalue weighted by atomic mass is 19.1. The van der Waals surface area contributed by atoms with E-state index in [0.29, 0.717) is 12.0 Å². The van der Waals surface area contributed by atoms with Crippen molar-refractivity contribution in [3.05, 3.63) is 71.0 Å². The van der Waals surface area contributed by atoms with Gasteiger partial charge in [0, 0.05) is 0 Å². The molecule has 0 radical (unpaired) electrons. The molecule has 0 spiro atoms. The average molecular weight is 228 g/mol. The third-order valence-electron chi connectivity index (χ3n) is 3.52. The lowest BCUT2D eigenvalue weighted by Gasteiger charge is -2.24. The first-order valence-electron chi connectivity index (χ1n) is 5.77. The normalized spacial score (nSPS) is 22.5. The quantitative estimate of drug-likeness (QED) is 0.795. The molecule has 2 aromatic carbocycles. The number of benzene rings is 2. The summed E-state index contributed by atoms with van der Waals surface area (Å²) in [4.78, 5) is 0. The van der Waals surface area contributed by atoms with Crippen LogP contribution in [-0.4, -0.2) is 5.11 Å². The SMILES string of the molecule is OC1(c2cccc(F)c2)CCc2ccccc21. The number of fused-ring (bicyclic) bond motifs is 1. The summed E-state index contributed by atoms with van der Waals surface area (Å²) in [6.07, 6.45) is 1.46. The van der Waals surface area contributed by atoms with Crippen LogP contribution >= 0.6 is 0 Å². The van der Waals surface area contributed by atoms with Crippen LogP contribution in [0, 0.1) is 5.82 Å². The molecule has 0 amide bonds. The van der Waals surface area contributed by atoms with Crippen molar-refractivity contribution < 1.29 is 9.50 Å². The Morgan fingerprint density at radius 2 is 1.88 bits per heavy atom. The molecule has 0 saturated carbocycles. The molecule has 3 rings (SSSR count). The van der Waals surface area contributed by atoms with Gasteiger partial charge in [0.15, 0.2) is 0 Å². The van der Waals surface area contributed by atoms with Crippen molar-refractivity contribution in [1.29, 1.82) is 0 Å². The summed E-state index contributed by atoms with van der Waals surface area (Å²) in [5, 5.41) is 10.8. The molecular formula is C15H13FO. The predicted octanol–water partition coefficient (Wildman–Crippen LogP) is 3.01. The second kappa shape index (κ2) is 3.67. The molecule has 1 aliphatic carbocycles. The van der Waals surface area contributed by atoms with Gasteiger partial charge in [-0.05, 0) is 41.7 Å². The van der Waals surface area contributed by atoms with Crippen LogP contribution in [0.4, 0.5) is 4.39 Å². The fraction of sp³-hybridized carbons (Fsp3) is 0.200. The number of aryl methyl sites for hydroxylation is 1. The summed E-state index contributed by atoms with van der Waals surface area (Å²) in [5.74, 6) is -0.305. The maximum Gasteiger partial charge on any atom is 0.123 e. The monoisotopic (exact) mass is 228 g/mol. The average Bonchev–Trinajstić information content (AvgIpc) is 2.69. The molecule has 0 heterocycles. The second-order valence-corrected chi connectivity index (χ2v) is 4.53. The first-order valence-corrected chi connectivity index (χ1v) is 5.77. The molecule has 17 heavy (non-hydrogen) atoms. The van der Waals surface area contributed by atoms with E-state index in [1.54, 1.807) is 12.1 Å². The zero-order chi connectivity index (χ0) is 11.9. The Labute approximate surface area is 99.5 Å². The zero-order valence-corrected chi connectivity index (χ0v) is 9.36.